The smallest absolute Gasteiger partial charge is 0.252 e. The molecule has 1 unspecified atom stereocenters. The lowest BCUT2D eigenvalue weighted by atomic mass is 9.98. The van der Waals surface area contributed by atoms with Gasteiger partial charge in [0, 0.05) is 26.2 Å². The number of sulfonamides is 1. The first kappa shape index (κ1) is 23.2. The first-order valence-corrected chi connectivity index (χ1v) is 13.5. The molecule has 0 aliphatic carbocycles. The predicted molar refractivity (Wildman–Crippen MR) is 126 cm³/mol. The zero-order valence-corrected chi connectivity index (χ0v) is 20.3. The monoisotopic (exact) mass is 496 g/mol. The van der Waals surface area contributed by atoms with E-state index in [0.717, 1.165) is 0 Å². The number of carbonyl (C=O) groups excluding carboxylic acids is 1. The summed E-state index contributed by atoms with van der Waals surface area (Å²) in [4.78, 5) is 21.6. The van der Waals surface area contributed by atoms with Gasteiger partial charge < -0.3 is 4.90 Å². The molecule has 1 aromatic carbocycles. The van der Waals surface area contributed by atoms with Crippen LogP contribution in [0.5, 0.6) is 0 Å². The Bertz CT molecular complexity index is 1190. The summed E-state index contributed by atoms with van der Waals surface area (Å²) < 4.78 is 42.5. The zero-order chi connectivity index (χ0) is 22.9. The Hall–Kier alpha value is -1.92. The fraction of sp³-hybridized carbons (Fsp3) is 0.429. The molecule has 4 rings (SSSR count). The Morgan fingerprint density at radius 1 is 1.25 bits per heavy atom. The average molecular weight is 497 g/mol. The number of hydrogen-bond donors (Lipinski definition) is 0. The molecule has 3 heterocycles. The number of rotatable bonds is 7. The number of thiophene rings is 1. The summed E-state index contributed by atoms with van der Waals surface area (Å²) in [6.45, 7) is 1.53. The zero-order valence-electron chi connectivity index (χ0n) is 17.9. The number of carbonyl (C=O) groups is 1. The molecule has 1 saturated heterocycles. The van der Waals surface area contributed by atoms with Gasteiger partial charge in [-0.05, 0) is 50.5 Å². The van der Waals surface area contributed by atoms with E-state index >= 15 is 0 Å². The number of para-hydroxylation sites is 1. The third-order valence-corrected chi connectivity index (χ3v) is 9.73. The van der Waals surface area contributed by atoms with Crippen LogP contribution < -0.4 is 4.90 Å². The highest BCUT2D eigenvalue weighted by atomic mass is 32.2. The minimum atomic E-state index is -3.62. The predicted octanol–water partition coefficient (Wildman–Crippen LogP) is 3.49. The molecule has 32 heavy (non-hydrogen) atoms. The van der Waals surface area contributed by atoms with Gasteiger partial charge in [-0.2, -0.15) is 4.31 Å². The number of halogens is 1. The van der Waals surface area contributed by atoms with Gasteiger partial charge in [0.15, 0.2) is 5.13 Å². The highest BCUT2D eigenvalue weighted by Crippen LogP contribution is 2.33. The van der Waals surface area contributed by atoms with Crippen LogP contribution in [0.1, 0.15) is 12.8 Å². The molecule has 0 saturated carbocycles. The second-order valence-corrected chi connectivity index (χ2v) is 12.1. The Labute approximate surface area is 195 Å². The molecule has 0 bridgehead atoms. The number of amides is 1. The lowest BCUT2D eigenvalue weighted by molar-refractivity contribution is -0.123. The maximum absolute atomic E-state index is 14.2. The Morgan fingerprint density at radius 3 is 2.75 bits per heavy atom. The molecule has 7 nitrogen and oxygen atoms in total. The number of aromatic nitrogens is 1. The van der Waals surface area contributed by atoms with Crippen LogP contribution in [0.3, 0.4) is 0 Å². The van der Waals surface area contributed by atoms with Crippen molar-refractivity contribution >= 4 is 54.0 Å². The van der Waals surface area contributed by atoms with E-state index < -0.39 is 21.8 Å². The van der Waals surface area contributed by atoms with Gasteiger partial charge in [0.2, 0.25) is 5.91 Å². The minimum absolute atomic E-state index is 0.136. The Balaban J connectivity index is 1.60. The molecule has 1 amide bonds. The maximum Gasteiger partial charge on any atom is 0.252 e. The third kappa shape index (κ3) is 4.72. The topological polar surface area (TPSA) is 73.8 Å². The van der Waals surface area contributed by atoms with E-state index in [1.54, 1.807) is 34.5 Å². The number of benzene rings is 1. The second kappa shape index (κ2) is 9.52. The van der Waals surface area contributed by atoms with Crippen LogP contribution >= 0.6 is 22.7 Å². The van der Waals surface area contributed by atoms with E-state index in [2.05, 4.69) is 4.98 Å². The summed E-state index contributed by atoms with van der Waals surface area (Å²) in [7, 11) is 0.210. The molecular formula is C21H25FN4O3S3. The lowest BCUT2D eigenvalue weighted by Gasteiger charge is -2.33. The highest BCUT2D eigenvalue weighted by molar-refractivity contribution is 7.91. The maximum atomic E-state index is 14.2. The van der Waals surface area contributed by atoms with Crippen LogP contribution in [-0.4, -0.2) is 68.8 Å². The van der Waals surface area contributed by atoms with Crippen LogP contribution in [0, 0.1) is 11.7 Å². The summed E-state index contributed by atoms with van der Waals surface area (Å²) in [6, 6.07) is 8.06. The molecule has 1 aliphatic heterocycles. The van der Waals surface area contributed by atoms with Crippen molar-refractivity contribution in [1.29, 1.82) is 0 Å². The first-order valence-electron chi connectivity index (χ1n) is 10.3. The van der Waals surface area contributed by atoms with E-state index in [-0.39, 0.29) is 22.2 Å². The molecule has 2 aromatic heterocycles. The average Bonchev–Trinajstić information content (AvgIpc) is 3.45. The fourth-order valence-electron chi connectivity index (χ4n) is 3.74. The fourth-order valence-corrected chi connectivity index (χ4v) is 7.42. The SMILES string of the molecule is CN(C)CCN(C(=O)C1CCCN(S(=O)(=O)c2cccs2)C1)c1nc2c(F)cccc2s1. The number of likely N-dealkylation sites (N-methyl/N-ethyl adjacent to an activating group) is 1. The molecule has 1 aliphatic rings. The van der Waals surface area contributed by atoms with Gasteiger partial charge in [-0.15, -0.1) is 11.3 Å². The number of anilines is 1. The molecular weight excluding hydrogens is 471 g/mol. The standard InChI is InChI=1S/C21H25FN4O3S3/c1-24(2)11-12-26(21-23-19-16(22)7-3-8-17(19)31-21)20(27)15-6-4-10-25(14-15)32(28,29)18-9-5-13-30-18/h3,5,7-9,13,15H,4,6,10-12,14H2,1-2H3. The summed E-state index contributed by atoms with van der Waals surface area (Å²) in [5.41, 5.74) is 0.251. The van der Waals surface area contributed by atoms with Gasteiger partial charge in [0.1, 0.15) is 15.5 Å². The summed E-state index contributed by atoms with van der Waals surface area (Å²) in [5, 5.41) is 2.17. The highest BCUT2D eigenvalue weighted by Gasteiger charge is 2.36. The molecule has 0 spiro atoms. The van der Waals surface area contributed by atoms with Crippen LogP contribution in [-0.2, 0) is 14.8 Å². The molecule has 11 heteroatoms. The number of thiazole rings is 1. The molecule has 0 radical (unpaired) electrons. The third-order valence-electron chi connectivity index (χ3n) is 5.45. The molecule has 172 valence electrons. The van der Waals surface area contributed by atoms with Gasteiger partial charge in [-0.3, -0.25) is 9.69 Å². The Morgan fingerprint density at radius 2 is 2.06 bits per heavy atom. The second-order valence-electron chi connectivity index (χ2n) is 8.01. The van der Waals surface area contributed by atoms with Gasteiger partial charge in [-0.1, -0.05) is 23.5 Å². The number of hydrogen-bond acceptors (Lipinski definition) is 7. The van der Waals surface area contributed by atoms with Crippen molar-refractivity contribution in [2.45, 2.75) is 17.1 Å². The largest absolute Gasteiger partial charge is 0.308 e. The lowest BCUT2D eigenvalue weighted by Crippen LogP contribution is -2.48. The van der Waals surface area contributed by atoms with E-state index in [1.165, 1.54) is 33.0 Å². The number of piperidine rings is 1. The summed E-state index contributed by atoms with van der Waals surface area (Å²) in [6.07, 6.45) is 1.21. The molecule has 0 N–H and O–H groups in total. The number of nitrogens with zero attached hydrogens (tertiary/aromatic N) is 4. The Kier molecular flexibility index (Phi) is 6.91. The van der Waals surface area contributed by atoms with Crippen molar-refractivity contribution in [1.82, 2.24) is 14.2 Å². The van der Waals surface area contributed by atoms with Gasteiger partial charge >= 0.3 is 0 Å². The van der Waals surface area contributed by atoms with Crippen LogP contribution in [0.25, 0.3) is 10.2 Å². The van der Waals surface area contributed by atoms with Crippen molar-refractivity contribution in [3.05, 3.63) is 41.5 Å². The van der Waals surface area contributed by atoms with Gasteiger partial charge in [0.25, 0.3) is 10.0 Å². The van der Waals surface area contributed by atoms with Crippen molar-refractivity contribution in [2.24, 2.45) is 5.92 Å². The molecule has 1 atom stereocenters. The first-order chi connectivity index (χ1) is 15.3. The minimum Gasteiger partial charge on any atom is -0.308 e. The summed E-state index contributed by atoms with van der Waals surface area (Å²) >= 11 is 2.45. The quantitative estimate of drug-likeness (QED) is 0.501. The van der Waals surface area contributed by atoms with E-state index in [0.29, 0.717) is 42.3 Å². The number of fused-ring (bicyclic) bond motifs is 1. The van der Waals surface area contributed by atoms with Crippen LogP contribution in [0.2, 0.25) is 0 Å². The van der Waals surface area contributed by atoms with Crippen LogP contribution in [0.15, 0.2) is 39.9 Å². The van der Waals surface area contributed by atoms with Crippen molar-refractivity contribution in [2.75, 3.05) is 45.2 Å². The molecule has 3 aromatic rings. The van der Waals surface area contributed by atoms with E-state index in [4.69, 9.17) is 0 Å². The summed E-state index contributed by atoms with van der Waals surface area (Å²) in [5.74, 6) is -1.06. The van der Waals surface area contributed by atoms with E-state index in [1.807, 2.05) is 19.0 Å². The van der Waals surface area contributed by atoms with Gasteiger partial charge in [-0.25, -0.2) is 17.8 Å². The normalized spacial score (nSPS) is 17.8. The van der Waals surface area contributed by atoms with Gasteiger partial charge in [0.05, 0.1) is 10.6 Å². The molecule has 1 fully saturated rings. The van der Waals surface area contributed by atoms with Crippen LogP contribution in [0.4, 0.5) is 9.52 Å². The van der Waals surface area contributed by atoms with Crippen molar-refractivity contribution in [3.63, 3.8) is 0 Å². The van der Waals surface area contributed by atoms with Crippen molar-refractivity contribution in [3.8, 4) is 0 Å². The van der Waals surface area contributed by atoms with E-state index in [9.17, 15) is 17.6 Å². The van der Waals surface area contributed by atoms with Crippen molar-refractivity contribution < 1.29 is 17.6 Å².